The molecule has 0 aliphatic rings. The van der Waals surface area contributed by atoms with Crippen LogP contribution in [-0.2, 0) is 9.53 Å². The zero-order chi connectivity index (χ0) is 18.5. The lowest BCUT2D eigenvalue weighted by atomic mass is 10.2. The van der Waals surface area contributed by atoms with E-state index in [1.54, 1.807) is 24.3 Å². The van der Waals surface area contributed by atoms with Crippen molar-refractivity contribution >= 4 is 39.9 Å². The minimum Gasteiger partial charge on any atom is -0.449 e. The summed E-state index contributed by atoms with van der Waals surface area (Å²) in [5.41, 5.74) is 1.95. The summed E-state index contributed by atoms with van der Waals surface area (Å²) in [7, 11) is 0. The summed E-state index contributed by atoms with van der Waals surface area (Å²) in [6, 6.07) is 16.2. The molecule has 0 saturated carbocycles. The number of benzene rings is 2. The molecule has 1 amide bonds. The van der Waals surface area contributed by atoms with Crippen molar-refractivity contribution < 1.29 is 14.3 Å². The third-order valence-corrected chi connectivity index (χ3v) is 4.64. The number of anilines is 1. The van der Waals surface area contributed by atoms with Gasteiger partial charge >= 0.3 is 5.97 Å². The molecule has 26 heavy (non-hydrogen) atoms. The predicted molar refractivity (Wildman–Crippen MR) is 103 cm³/mol. The number of aromatic nitrogens is 1. The molecule has 1 heterocycles. The van der Waals surface area contributed by atoms with E-state index in [1.807, 2.05) is 35.7 Å². The van der Waals surface area contributed by atoms with Crippen LogP contribution in [0.25, 0.3) is 11.3 Å². The number of nitrogens with one attached hydrogen (secondary N) is 1. The van der Waals surface area contributed by atoms with Gasteiger partial charge in [-0.15, -0.1) is 11.3 Å². The van der Waals surface area contributed by atoms with E-state index in [0.29, 0.717) is 5.13 Å². The fourth-order valence-electron chi connectivity index (χ4n) is 2.18. The molecule has 0 spiro atoms. The Morgan fingerprint density at radius 1 is 1.12 bits per heavy atom. The molecular weight excluding hydrogens is 372 g/mol. The Kier molecular flexibility index (Phi) is 5.65. The molecule has 3 rings (SSSR count). The Labute approximate surface area is 159 Å². The molecule has 1 N–H and O–H groups in total. The average Bonchev–Trinajstić information content (AvgIpc) is 3.11. The smallest absolute Gasteiger partial charge is 0.340 e. The van der Waals surface area contributed by atoms with Gasteiger partial charge in [-0.3, -0.25) is 10.1 Å². The minimum absolute atomic E-state index is 0.217. The van der Waals surface area contributed by atoms with Crippen molar-refractivity contribution in [2.45, 2.75) is 13.0 Å². The van der Waals surface area contributed by atoms with Crippen LogP contribution in [0.3, 0.4) is 0 Å². The van der Waals surface area contributed by atoms with Gasteiger partial charge < -0.3 is 4.74 Å². The number of nitrogens with zero attached hydrogens (tertiary/aromatic N) is 1. The third-order valence-electron chi connectivity index (χ3n) is 3.55. The minimum atomic E-state index is -0.983. The fraction of sp³-hybridized carbons (Fsp3) is 0.105. The van der Waals surface area contributed by atoms with Gasteiger partial charge in [0, 0.05) is 10.9 Å². The Hall–Kier alpha value is -2.70. The average molecular weight is 387 g/mol. The van der Waals surface area contributed by atoms with Crippen molar-refractivity contribution in [2.75, 3.05) is 5.32 Å². The van der Waals surface area contributed by atoms with Crippen molar-refractivity contribution in [3.8, 4) is 11.3 Å². The van der Waals surface area contributed by atoms with E-state index in [9.17, 15) is 9.59 Å². The molecule has 0 saturated heterocycles. The van der Waals surface area contributed by atoms with Gasteiger partial charge in [-0.25, -0.2) is 9.78 Å². The fourth-order valence-corrected chi connectivity index (χ4v) is 3.12. The Balaban J connectivity index is 1.62. The first-order valence-corrected chi connectivity index (χ1v) is 9.07. The monoisotopic (exact) mass is 386 g/mol. The van der Waals surface area contributed by atoms with E-state index in [4.69, 9.17) is 16.3 Å². The molecule has 1 atom stereocenters. The number of rotatable bonds is 5. The number of ether oxygens (including phenoxy) is 1. The molecule has 2 aromatic carbocycles. The molecule has 5 nitrogen and oxygen atoms in total. The maximum atomic E-state index is 12.3. The number of thiazole rings is 1. The van der Waals surface area contributed by atoms with E-state index in [2.05, 4.69) is 10.3 Å². The molecule has 0 fully saturated rings. The summed E-state index contributed by atoms with van der Waals surface area (Å²) in [5, 5.41) is 5.23. The van der Waals surface area contributed by atoms with E-state index in [-0.39, 0.29) is 10.6 Å². The quantitative estimate of drug-likeness (QED) is 0.648. The topological polar surface area (TPSA) is 68.3 Å². The highest BCUT2D eigenvalue weighted by Gasteiger charge is 2.21. The Morgan fingerprint density at radius 2 is 1.81 bits per heavy atom. The maximum Gasteiger partial charge on any atom is 0.340 e. The van der Waals surface area contributed by atoms with Crippen molar-refractivity contribution in [3.63, 3.8) is 0 Å². The second-order valence-corrected chi connectivity index (χ2v) is 6.69. The summed E-state index contributed by atoms with van der Waals surface area (Å²) in [6.45, 7) is 1.50. The van der Waals surface area contributed by atoms with E-state index >= 15 is 0 Å². The molecule has 3 aromatic rings. The highest BCUT2D eigenvalue weighted by atomic mass is 35.5. The zero-order valence-corrected chi connectivity index (χ0v) is 15.4. The number of hydrogen-bond donors (Lipinski definition) is 1. The lowest BCUT2D eigenvalue weighted by Crippen LogP contribution is -2.30. The van der Waals surface area contributed by atoms with Crippen LogP contribution < -0.4 is 5.32 Å². The number of hydrogen-bond acceptors (Lipinski definition) is 5. The van der Waals surface area contributed by atoms with Crippen molar-refractivity contribution in [1.82, 2.24) is 4.98 Å². The number of carbonyl (C=O) groups is 2. The summed E-state index contributed by atoms with van der Waals surface area (Å²) >= 11 is 7.27. The standard InChI is InChI=1S/C19H15ClN2O3S/c1-12(25-18(24)14-9-5-6-10-15(14)20)17(23)22-19-21-16(11-26-19)13-7-3-2-4-8-13/h2-12H,1H3,(H,21,22,23)/t12-/m0/s1. The van der Waals surface area contributed by atoms with E-state index in [1.165, 1.54) is 18.3 Å². The van der Waals surface area contributed by atoms with Gasteiger partial charge in [0.25, 0.3) is 5.91 Å². The van der Waals surface area contributed by atoms with Crippen molar-refractivity contribution in [3.05, 3.63) is 70.6 Å². The first kappa shape index (κ1) is 18.1. The van der Waals surface area contributed by atoms with Crippen LogP contribution in [0.2, 0.25) is 5.02 Å². The number of esters is 1. The first-order valence-electron chi connectivity index (χ1n) is 7.82. The molecule has 7 heteroatoms. The maximum absolute atomic E-state index is 12.3. The van der Waals surface area contributed by atoms with E-state index < -0.39 is 18.0 Å². The first-order chi connectivity index (χ1) is 12.5. The number of halogens is 1. The Morgan fingerprint density at radius 3 is 2.54 bits per heavy atom. The SMILES string of the molecule is C[C@H](OC(=O)c1ccccc1Cl)C(=O)Nc1nc(-c2ccccc2)cs1. The van der Waals surface area contributed by atoms with Crippen LogP contribution in [0.1, 0.15) is 17.3 Å². The second-order valence-electron chi connectivity index (χ2n) is 5.42. The number of carbonyl (C=O) groups excluding carboxylic acids is 2. The van der Waals surface area contributed by atoms with Crippen LogP contribution >= 0.6 is 22.9 Å². The Bertz CT molecular complexity index is 927. The van der Waals surface area contributed by atoms with Gasteiger partial charge in [0.2, 0.25) is 0 Å². The van der Waals surface area contributed by atoms with Gasteiger partial charge in [0.1, 0.15) is 0 Å². The molecule has 0 aliphatic carbocycles. The molecule has 0 radical (unpaired) electrons. The molecular formula is C19H15ClN2O3S. The lowest BCUT2D eigenvalue weighted by molar-refractivity contribution is -0.123. The summed E-state index contributed by atoms with van der Waals surface area (Å²) in [5.74, 6) is -1.11. The van der Waals surface area contributed by atoms with Gasteiger partial charge in [0.15, 0.2) is 11.2 Å². The molecule has 0 unspecified atom stereocenters. The highest BCUT2D eigenvalue weighted by Crippen LogP contribution is 2.25. The molecule has 1 aromatic heterocycles. The van der Waals surface area contributed by atoms with Crippen LogP contribution in [-0.4, -0.2) is 23.0 Å². The van der Waals surface area contributed by atoms with Crippen LogP contribution in [0.5, 0.6) is 0 Å². The van der Waals surface area contributed by atoms with Crippen molar-refractivity contribution in [2.24, 2.45) is 0 Å². The summed E-state index contributed by atoms with van der Waals surface area (Å²) in [4.78, 5) is 28.8. The molecule has 0 aliphatic heterocycles. The number of amides is 1. The lowest BCUT2D eigenvalue weighted by Gasteiger charge is -2.12. The van der Waals surface area contributed by atoms with Gasteiger partial charge in [0.05, 0.1) is 16.3 Å². The summed E-state index contributed by atoms with van der Waals surface area (Å²) < 4.78 is 5.18. The normalized spacial score (nSPS) is 11.6. The molecule has 0 bridgehead atoms. The second kappa shape index (κ2) is 8.12. The van der Waals surface area contributed by atoms with Crippen molar-refractivity contribution in [1.29, 1.82) is 0 Å². The van der Waals surface area contributed by atoms with Crippen LogP contribution in [0.15, 0.2) is 60.0 Å². The highest BCUT2D eigenvalue weighted by molar-refractivity contribution is 7.14. The van der Waals surface area contributed by atoms with Gasteiger partial charge in [-0.1, -0.05) is 54.1 Å². The van der Waals surface area contributed by atoms with E-state index in [0.717, 1.165) is 11.3 Å². The third kappa shape index (κ3) is 4.28. The van der Waals surface area contributed by atoms with Crippen LogP contribution in [0, 0.1) is 0 Å². The largest absolute Gasteiger partial charge is 0.449 e. The zero-order valence-electron chi connectivity index (χ0n) is 13.8. The predicted octanol–water partition coefficient (Wildman–Crippen LogP) is 4.65. The summed E-state index contributed by atoms with van der Waals surface area (Å²) in [6.07, 6.45) is -0.983. The van der Waals surface area contributed by atoms with Crippen LogP contribution in [0.4, 0.5) is 5.13 Å². The van der Waals surface area contributed by atoms with Gasteiger partial charge in [-0.05, 0) is 19.1 Å². The molecule has 132 valence electrons. The van der Waals surface area contributed by atoms with Gasteiger partial charge in [-0.2, -0.15) is 0 Å².